The van der Waals surface area contributed by atoms with Gasteiger partial charge in [-0.25, -0.2) is 0 Å². The maximum atomic E-state index is 6.15. The topological polar surface area (TPSA) is 21.3 Å². The Morgan fingerprint density at radius 2 is 1.89 bits per heavy atom. The maximum Gasteiger partial charge on any atom is 0.138 e. The first-order valence-corrected chi connectivity index (χ1v) is 7.54. The van der Waals surface area contributed by atoms with Crippen molar-refractivity contribution in [2.75, 3.05) is 13.6 Å². The lowest BCUT2D eigenvalue weighted by atomic mass is 10.0. The van der Waals surface area contributed by atoms with Crippen LogP contribution in [0.25, 0.3) is 0 Å². The highest BCUT2D eigenvalue weighted by atomic mass is 35.5. The number of halogens is 2. The minimum absolute atomic E-state index is 0.188. The molecule has 0 aliphatic heterocycles. The monoisotopic (exact) mass is 303 g/mol. The molecule has 0 radical (unpaired) electrons. The van der Waals surface area contributed by atoms with E-state index in [9.17, 15) is 0 Å². The van der Waals surface area contributed by atoms with Crippen molar-refractivity contribution < 1.29 is 4.74 Å². The maximum absolute atomic E-state index is 6.15. The SMILES string of the molecule is CNCCC(CCC(C)C)Oc1ccc(Cl)cc1Cl. The van der Waals surface area contributed by atoms with Crippen LogP contribution >= 0.6 is 23.2 Å². The molecule has 4 heteroatoms. The average molecular weight is 304 g/mol. The molecule has 0 aliphatic carbocycles. The second-order valence-electron chi connectivity index (χ2n) is 5.18. The Morgan fingerprint density at radius 1 is 1.16 bits per heavy atom. The molecule has 1 rings (SSSR count). The molecular weight excluding hydrogens is 281 g/mol. The van der Waals surface area contributed by atoms with Gasteiger partial charge in [0.05, 0.1) is 5.02 Å². The minimum atomic E-state index is 0.188. The molecule has 1 unspecified atom stereocenters. The first kappa shape index (κ1) is 16.6. The van der Waals surface area contributed by atoms with Gasteiger partial charge < -0.3 is 10.1 Å². The van der Waals surface area contributed by atoms with Crippen LogP contribution in [0, 0.1) is 5.92 Å². The van der Waals surface area contributed by atoms with Gasteiger partial charge in [-0.2, -0.15) is 0 Å². The second-order valence-corrected chi connectivity index (χ2v) is 6.02. The largest absolute Gasteiger partial charge is 0.489 e. The molecule has 0 amide bonds. The summed E-state index contributed by atoms with van der Waals surface area (Å²) in [5, 5.41) is 4.37. The Kier molecular flexibility index (Phi) is 7.59. The van der Waals surface area contributed by atoms with Gasteiger partial charge in [-0.15, -0.1) is 0 Å². The second kappa shape index (κ2) is 8.68. The third kappa shape index (κ3) is 6.51. The molecule has 0 fully saturated rings. The van der Waals surface area contributed by atoms with Crippen molar-refractivity contribution in [2.45, 2.75) is 39.2 Å². The van der Waals surface area contributed by atoms with Gasteiger partial charge in [0.1, 0.15) is 11.9 Å². The smallest absolute Gasteiger partial charge is 0.138 e. The molecule has 0 saturated heterocycles. The molecule has 1 aromatic rings. The Morgan fingerprint density at radius 3 is 2.47 bits per heavy atom. The molecule has 0 saturated carbocycles. The molecular formula is C15H23Cl2NO. The van der Waals surface area contributed by atoms with E-state index in [1.54, 1.807) is 12.1 Å². The molecule has 19 heavy (non-hydrogen) atoms. The van der Waals surface area contributed by atoms with E-state index in [1.165, 1.54) is 0 Å². The van der Waals surface area contributed by atoms with Crippen molar-refractivity contribution in [2.24, 2.45) is 5.92 Å². The van der Waals surface area contributed by atoms with Crippen LogP contribution in [0.1, 0.15) is 33.1 Å². The summed E-state index contributed by atoms with van der Waals surface area (Å²) < 4.78 is 6.02. The van der Waals surface area contributed by atoms with Crippen LogP contribution in [-0.4, -0.2) is 19.7 Å². The van der Waals surface area contributed by atoms with E-state index in [-0.39, 0.29) is 6.10 Å². The van der Waals surface area contributed by atoms with Crippen LogP contribution < -0.4 is 10.1 Å². The van der Waals surface area contributed by atoms with E-state index in [4.69, 9.17) is 27.9 Å². The van der Waals surface area contributed by atoms with E-state index < -0.39 is 0 Å². The van der Waals surface area contributed by atoms with Crippen molar-refractivity contribution in [1.29, 1.82) is 0 Å². The van der Waals surface area contributed by atoms with Crippen molar-refractivity contribution in [1.82, 2.24) is 5.32 Å². The Hall–Kier alpha value is -0.440. The standard InChI is InChI=1S/C15H23Cl2NO/c1-11(2)4-6-13(8-9-18-3)19-15-7-5-12(16)10-14(15)17/h5,7,10-11,13,18H,4,6,8-9H2,1-3H3. The minimum Gasteiger partial charge on any atom is -0.489 e. The Balaban J connectivity index is 2.63. The molecule has 0 aliphatic rings. The number of rotatable bonds is 8. The van der Waals surface area contributed by atoms with Gasteiger partial charge in [-0.1, -0.05) is 37.0 Å². The molecule has 0 heterocycles. The number of hydrogen-bond acceptors (Lipinski definition) is 2. The Labute approximate surface area is 126 Å². The van der Waals surface area contributed by atoms with Gasteiger partial charge in [-0.3, -0.25) is 0 Å². The van der Waals surface area contributed by atoms with Gasteiger partial charge >= 0.3 is 0 Å². The predicted octanol–water partition coefficient (Wildman–Crippen LogP) is 4.79. The number of nitrogens with one attached hydrogen (secondary N) is 1. The molecule has 0 bridgehead atoms. The van der Waals surface area contributed by atoms with Crippen molar-refractivity contribution >= 4 is 23.2 Å². The summed E-state index contributed by atoms with van der Waals surface area (Å²) in [6.45, 7) is 5.39. The fourth-order valence-corrected chi connectivity index (χ4v) is 2.29. The van der Waals surface area contributed by atoms with E-state index in [0.717, 1.165) is 31.6 Å². The van der Waals surface area contributed by atoms with Crippen molar-refractivity contribution in [3.05, 3.63) is 28.2 Å². The van der Waals surface area contributed by atoms with E-state index in [0.29, 0.717) is 16.0 Å². The first-order chi connectivity index (χ1) is 9.02. The van der Waals surface area contributed by atoms with Gasteiger partial charge in [-0.05, 0) is 57.0 Å². The van der Waals surface area contributed by atoms with E-state index in [1.807, 2.05) is 13.1 Å². The summed E-state index contributed by atoms with van der Waals surface area (Å²) >= 11 is 12.0. The average Bonchev–Trinajstić information content (AvgIpc) is 2.35. The molecule has 108 valence electrons. The summed E-state index contributed by atoms with van der Waals surface area (Å²) in [6.07, 6.45) is 3.36. The summed E-state index contributed by atoms with van der Waals surface area (Å²) in [4.78, 5) is 0. The van der Waals surface area contributed by atoms with Crippen LogP contribution in [0.15, 0.2) is 18.2 Å². The Bertz CT molecular complexity index is 382. The molecule has 0 aromatic heterocycles. The van der Waals surface area contributed by atoms with Crippen LogP contribution in [0.5, 0.6) is 5.75 Å². The highest BCUT2D eigenvalue weighted by molar-refractivity contribution is 6.35. The summed E-state index contributed by atoms with van der Waals surface area (Å²) in [6, 6.07) is 5.36. The zero-order valence-corrected chi connectivity index (χ0v) is 13.4. The van der Waals surface area contributed by atoms with Gasteiger partial charge in [0.2, 0.25) is 0 Å². The van der Waals surface area contributed by atoms with Gasteiger partial charge in [0, 0.05) is 5.02 Å². The number of benzene rings is 1. The molecule has 2 nitrogen and oxygen atoms in total. The van der Waals surface area contributed by atoms with Crippen LogP contribution in [-0.2, 0) is 0 Å². The fourth-order valence-electron chi connectivity index (χ4n) is 1.84. The molecule has 1 N–H and O–H groups in total. The third-order valence-electron chi connectivity index (χ3n) is 2.97. The van der Waals surface area contributed by atoms with E-state index >= 15 is 0 Å². The fraction of sp³-hybridized carbons (Fsp3) is 0.600. The lowest BCUT2D eigenvalue weighted by Gasteiger charge is -2.21. The summed E-state index contributed by atoms with van der Waals surface area (Å²) in [5.74, 6) is 1.40. The molecule has 1 atom stereocenters. The quantitative estimate of drug-likeness (QED) is 0.746. The van der Waals surface area contributed by atoms with E-state index in [2.05, 4.69) is 19.2 Å². The van der Waals surface area contributed by atoms with Gasteiger partial charge in [0.15, 0.2) is 0 Å². The molecule has 0 spiro atoms. The van der Waals surface area contributed by atoms with Crippen molar-refractivity contribution in [3.8, 4) is 5.75 Å². The molecule has 1 aromatic carbocycles. The zero-order valence-electron chi connectivity index (χ0n) is 11.9. The normalized spacial score (nSPS) is 12.7. The highest BCUT2D eigenvalue weighted by Crippen LogP contribution is 2.29. The lowest BCUT2D eigenvalue weighted by molar-refractivity contribution is 0.173. The predicted molar refractivity (Wildman–Crippen MR) is 83.5 cm³/mol. The van der Waals surface area contributed by atoms with Crippen molar-refractivity contribution in [3.63, 3.8) is 0 Å². The lowest BCUT2D eigenvalue weighted by Crippen LogP contribution is -2.23. The number of hydrogen-bond donors (Lipinski definition) is 1. The van der Waals surface area contributed by atoms with Crippen LogP contribution in [0.4, 0.5) is 0 Å². The first-order valence-electron chi connectivity index (χ1n) is 6.79. The van der Waals surface area contributed by atoms with Gasteiger partial charge in [0.25, 0.3) is 0 Å². The third-order valence-corrected chi connectivity index (χ3v) is 3.50. The zero-order chi connectivity index (χ0) is 14.3. The number of ether oxygens (including phenoxy) is 1. The van der Waals surface area contributed by atoms with Crippen LogP contribution in [0.3, 0.4) is 0 Å². The summed E-state index contributed by atoms with van der Waals surface area (Å²) in [5.41, 5.74) is 0. The summed E-state index contributed by atoms with van der Waals surface area (Å²) in [7, 11) is 1.95. The van der Waals surface area contributed by atoms with Crippen LogP contribution in [0.2, 0.25) is 10.0 Å². The highest BCUT2D eigenvalue weighted by Gasteiger charge is 2.13.